The van der Waals surface area contributed by atoms with E-state index in [9.17, 15) is 13.2 Å². The van der Waals surface area contributed by atoms with Crippen LogP contribution in [0, 0.1) is 0 Å². The van der Waals surface area contributed by atoms with Gasteiger partial charge in [-0.3, -0.25) is 0 Å². The SMILES string of the molecule is CC1(C)OB([C@H]2C[C@@H]2c2ccc(OC(F)(F)F)cc2)OC1(C)C. The summed E-state index contributed by atoms with van der Waals surface area (Å²) in [5.74, 6) is 0.296. The molecule has 3 nitrogen and oxygen atoms in total. The molecule has 2 atom stereocenters. The Morgan fingerprint density at radius 1 is 1.04 bits per heavy atom. The molecule has 1 saturated carbocycles. The standard InChI is InChI=1S/C16H20BF3O3/c1-14(2)15(3,4)23-17(22-14)13-9-12(13)10-5-7-11(8-6-10)21-16(18,19)20/h5-8,12-13H,9H2,1-4H3/t12-,13+/m1/s1. The van der Waals surface area contributed by atoms with Gasteiger partial charge in [-0.2, -0.15) is 0 Å². The molecule has 0 aromatic heterocycles. The van der Waals surface area contributed by atoms with Gasteiger partial charge in [0.1, 0.15) is 5.75 Å². The van der Waals surface area contributed by atoms with E-state index in [0.717, 1.165) is 12.0 Å². The molecule has 0 bridgehead atoms. The maximum atomic E-state index is 12.2. The van der Waals surface area contributed by atoms with Crippen molar-refractivity contribution in [3.05, 3.63) is 29.8 Å². The molecule has 0 N–H and O–H groups in total. The first-order valence-electron chi connectivity index (χ1n) is 7.70. The molecule has 0 radical (unpaired) electrons. The number of rotatable bonds is 3. The van der Waals surface area contributed by atoms with Crippen molar-refractivity contribution in [2.75, 3.05) is 0 Å². The highest BCUT2D eigenvalue weighted by atomic mass is 19.4. The Labute approximate surface area is 134 Å². The van der Waals surface area contributed by atoms with Crippen LogP contribution >= 0.6 is 0 Å². The number of halogens is 3. The quantitative estimate of drug-likeness (QED) is 0.763. The van der Waals surface area contributed by atoms with Crippen molar-refractivity contribution in [1.29, 1.82) is 0 Å². The predicted octanol–water partition coefficient (Wildman–Crippen LogP) is 4.53. The Balaban J connectivity index is 1.63. The van der Waals surface area contributed by atoms with E-state index in [1.807, 2.05) is 27.7 Å². The molecule has 126 valence electrons. The molecule has 2 fully saturated rings. The third kappa shape index (κ3) is 3.35. The van der Waals surface area contributed by atoms with Gasteiger partial charge in [0.2, 0.25) is 0 Å². The van der Waals surface area contributed by atoms with Gasteiger partial charge in [0.25, 0.3) is 0 Å². The second-order valence-electron chi connectivity index (χ2n) is 7.25. The Hall–Kier alpha value is -1.21. The zero-order valence-corrected chi connectivity index (χ0v) is 13.6. The fraction of sp³-hybridized carbons (Fsp3) is 0.625. The first kappa shape index (κ1) is 16.6. The monoisotopic (exact) mass is 328 g/mol. The van der Waals surface area contributed by atoms with Crippen LogP contribution in [0.15, 0.2) is 24.3 Å². The van der Waals surface area contributed by atoms with Crippen LogP contribution in [0.5, 0.6) is 5.75 Å². The highest BCUT2D eigenvalue weighted by Crippen LogP contribution is 2.58. The normalized spacial score (nSPS) is 28.7. The molecule has 0 spiro atoms. The van der Waals surface area contributed by atoms with Crippen LogP contribution in [0.25, 0.3) is 0 Å². The van der Waals surface area contributed by atoms with Gasteiger partial charge in [-0.15, -0.1) is 13.2 Å². The minimum absolute atomic E-state index is 0.200. The number of benzene rings is 1. The molecule has 23 heavy (non-hydrogen) atoms. The summed E-state index contributed by atoms with van der Waals surface area (Å²) >= 11 is 0. The third-order valence-electron chi connectivity index (χ3n) is 5.00. The van der Waals surface area contributed by atoms with E-state index in [4.69, 9.17) is 9.31 Å². The van der Waals surface area contributed by atoms with Gasteiger partial charge >= 0.3 is 13.5 Å². The lowest BCUT2D eigenvalue weighted by molar-refractivity contribution is -0.274. The molecule has 1 aromatic carbocycles. The zero-order chi connectivity index (χ0) is 17.0. The lowest BCUT2D eigenvalue weighted by Crippen LogP contribution is -2.41. The number of ether oxygens (including phenoxy) is 1. The molecule has 7 heteroatoms. The van der Waals surface area contributed by atoms with Gasteiger partial charge < -0.3 is 14.0 Å². The lowest BCUT2D eigenvalue weighted by atomic mass is 9.79. The van der Waals surface area contributed by atoms with Gasteiger partial charge in [-0.05, 0) is 57.7 Å². The molecule has 1 heterocycles. The van der Waals surface area contributed by atoms with Crippen molar-refractivity contribution in [3.63, 3.8) is 0 Å². The molecular weight excluding hydrogens is 308 g/mol. The van der Waals surface area contributed by atoms with Crippen molar-refractivity contribution in [2.45, 2.75) is 63.4 Å². The topological polar surface area (TPSA) is 27.7 Å². The van der Waals surface area contributed by atoms with Crippen LogP contribution in [0.3, 0.4) is 0 Å². The van der Waals surface area contributed by atoms with Crippen LogP contribution in [0.4, 0.5) is 13.2 Å². The molecular formula is C16H20BF3O3. The van der Waals surface area contributed by atoms with E-state index in [2.05, 4.69) is 4.74 Å². The Morgan fingerprint density at radius 2 is 1.57 bits per heavy atom. The fourth-order valence-electron chi connectivity index (χ4n) is 2.88. The van der Waals surface area contributed by atoms with Crippen molar-refractivity contribution in [3.8, 4) is 5.75 Å². The molecule has 0 amide bonds. The van der Waals surface area contributed by atoms with E-state index in [1.54, 1.807) is 12.1 Å². The van der Waals surface area contributed by atoms with Crippen LogP contribution in [0.1, 0.15) is 45.6 Å². The van der Waals surface area contributed by atoms with E-state index < -0.39 is 6.36 Å². The predicted molar refractivity (Wildman–Crippen MR) is 80.3 cm³/mol. The average Bonchev–Trinajstić information content (AvgIpc) is 3.12. The Kier molecular flexibility index (Phi) is 3.72. The summed E-state index contributed by atoms with van der Waals surface area (Å²) in [5.41, 5.74) is 0.254. The second kappa shape index (κ2) is 5.15. The lowest BCUT2D eigenvalue weighted by Gasteiger charge is -2.32. The second-order valence-corrected chi connectivity index (χ2v) is 7.25. The van der Waals surface area contributed by atoms with Gasteiger partial charge in [-0.1, -0.05) is 12.1 Å². The summed E-state index contributed by atoms with van der Waals surface area (Å²) in [5, 5.41) is 0. The van der Waals surface area contributed by atoms with Crippen molar-refractivity contribution < 1.29 is 27.2 Å². The van der Waals surface area contributed by atoms with Gasteiger partial charge in [-0.25, -0.2) is 0 Å². The summed E-state index contributed by atoms with van der Waals surface area (Å²) in [6, 6.07) is 6.05. The van der Waals surface area contributed by atoms with Crippen LogP contribution < -0.4 is 4.74 Å². The smallest absolute Gasteiger partial charge is 0.406 e. The summed E-state index contributed by atoms with van der Waals surface area (Å²) in [7, 11) is -0.267. The molecule has 1 aromatic rings. The maximum absolute atomic E-state index is 12.2. The van der Waals surface area contributed by atoms with Gasteiger partial charge in [0.15, 0.2) is 0 Å². The Bertz CT molecular complexity index is 567. The molecule has 1 aliphatic heterocycles. The third-order valence-corrected chi connectivity index (χ3v) is 5.00. The summed E-state index contributed by atoms with van der Waals surface area (Å²) in [6.45, 7) is 8.03. The zero-order valence-electron chi connectivity index (χ0n) is 13.6. The average molecular weight is 328 g/mol. The fourth-order valence-corrected chi connectivity index (χ4v) is 2.88. The molecule has 3 rings (SSSR count). The first-order chi connectivity index (χ1) is 10.5. The minimum Gasteiger partial charge on any atom is -0.406 e. The highest BCUT2D eigenvalue weighted by Gasteiger charge is 2.59. The summed E-state index contributed by atoms with van der Waals surface area (Å²) in [6.07, 6.45) is -3.75. The van der Waals surface area contributed by atoms with Crippen molar-refractivity contribution >= 4 is 7.12 Å². The Morgan fingerprint density at radius 3 is 2.04 bits per heavy atom. The van der Waals surface area contributed by atoms with Crippen LogP contribution in [-0.4, -0.2) is 24.7 Å². The van der Waals surface area contributed by atoms with E-state index >= 15 is 0 Å². The number of hydrogen-bond acceptors (Lipinski definition) is 3. The van der Waals surface area contributed by atoms with E-state index in [1.165, 1.54) is 12.1 Å². The molecule has 0 unspecified atom stereocenters. The summed E-state index contributed by atoms with van der Waals surface area (Å²) < 4.78 is 52.5. The van der Waals surface area contributed by atoms with Crippen LogP contribution in [-0.2, 0) is 9.31 Å². The number of hydrogen-bond donors (Lipinski definition) is 0. The maximum Gasteiger partial charge on any atom is 0.573 e. The van der Waals surface area contributed by atoms with Gasteiger partial charge in [0.05, 0.1) is 11.2 Å². The van der Waals surface area contributed by atoms with Crippen molar-refractivity contribution in [1.82, 2.24) is 0 Å². The van der Waals surface area contributed by atoms with Crippen molar-refractivity contribution in [2.24, 2.45) is 0 Å². The van der Waals surface area contributed by atoms with E-state index in [-0.39, 0.29) is 35.8 Å². The molecule has 2 aliphatic rings. The molecule has 1 saturated heterocycles. The largest absolute Gasteiger partial charge is 0.573 e. The first-order valence-corrected chi connectivity index (χ1v) is 7.70. The molecule has 1 aliphatic carbocycles. The van der Waals surface area contributed by atoms with Gasteiger partial charge in [0, 0.05) is 5.82 Å². The van der Waals surface area contributed by atoms with E-state index in [0.29, 0.717) is 0 Å². The van der Waals surface area contributed by atoms with Crippen LogP contribution in [0.2, 0.25) is 5.82 Å². The number of alkyl halides is 3. The summed E-state index contributed by atoms with van der Waals surface area (Å²) in [4.78, 5) is 0. The highest BCUT2D eigenvalue weighted by molar-refractivity contribution is 6.49. The minimum atomic E-state index is -4.66.